The topological polar surface area (TPSA) is 94.0 Å². The molecule has 0 radical (unpaired) electrons. The normalized spacial score (nSPS) is 10.2. The largest absolute Gasteiger partial charge is 0.396 e. The number of carbonyl (C=O) groups is 1. The fourth-order valence-corrected chi connectivity index (χ4v) is 1.59. The molecular formula is C12H10ClFN4O. The number of carbonyl (C=O) groups excluding carboxylic acids is 1. The summed E-state index contributed by atoms with van der Waals surface area (Å²) in [6.07, 6.45) is 0. The van der Waals surface area contributed by atoms with E-state index in [0.717, 1.165) is 0 Å². The van der Waals surface area contributed by atoms with Gasteiger partial charge in [-0.25, -0.2) is 9.37 Å². The van der Waals surface area contributed by atoms with E-state index in [4.69, 9.17) is 23.1 Å². The average Bonchev–Trinajstić information content (AvgIpc) is 2.36. The summed E-state index contributed by atoms with van der Waals surface area (Å²) in [6.45, 7) is 0. The second-order valence-corrected chi connectivity index (χ2v) is 4.15. The number of halogens is 2. The van der Waals surface area contributed by atoms with Crippen molar-refractivity contribution >= 4 is 34.7 Å². The van der Waals surface area contributed by atoms with Gasteiger partial charge in [0.1, 0.15) is 11.5 Å². The number of benzene rings is 1. The third kappa shape index (κ3) is 2.92. The lowest BCUT2D eigenvalue weighted by atomic mass is 10.2. The highest BCUT2D eigenvalue weighted by atomic mass is 35.5. The van der Waals surface area contributed by atoms with E-state index in [1.807, 2.05) is 0 Å². The number of nitrogen functional groups attached to an aromatic ring is 1. The number of rotatable bonds is 3. The number of amides is 1. The number of nitrogens with one attached hydrogen (secondary N) is 1. The van der Waals surface area contributed by atoms with Gasteiger partial charge in [0.2, 0.25) is 0 Å². The van der Waals surface area contributed by atoms with Crippen LogP contribution in [0.1, 0.15) is 10.5 Å². The molecule has 5 N–H and O–H groups in total. The van der Waals surface area contributed by atoms with E-state index in [1.165, 1.54) is 30.3 Å². The van der Waals surface area contributed by atoms with Gasteiger partial charge in [-0.15, -0.1) is 0 Å². The van der Waals surface area contributed by atoms with Crippen LogP contribution in [0, 0.1) is 5.82 Å². The molecule has 2 aromatic rings. The van der Waals surface area contributed by atoms with Crippen LogP contribution in [0.5, 0.6) is 0 Å². The van der Waals surface area contributed by atoms with Crippen molar-refractivity contribution < 1.29 is 9.18 Å². The zero-order chi connectivity index (χ0) is 14.0. The third-order valence-electron chi connectivity index (χ3n) is 2.36. The fourth-order valence-electron chi connectivity index (χ4n) is 1.43. The lowest BCUT2D eigenvalue weighted by molar-refractivity contribution is 0.0996. The summed E-state index contributed by atoms with van der Waals surface area (Å²) in [4.78, 5) is 15.0. The third-order valence-corrected chi connectivity index (χ3v) is 2.69. The fraction of sp³-hybridized carbons (Fsp3) is 0. The zero-order valence-corrected chi connectivity index (χ0v) is 10.4. The van der Waals surface area contributed by atoms with Gasteiger partial charge in [-0.1, -0.05) is 11.6 Å². The van der Waals surface area contributed by atoms with Crippen LogP contribution < -0.4 is 16.8 Å². The molecule has 1 heterocycles. The van der Waals surface area contributed by atoms with Crippen LogP contribution in [-0.4, -0.2) is 10.9 Å². The maximum absolute atomic E-state index is 13.1. The van der Waals surface area contributed by atoms with Gasteiger partial charge >= 0.3 is 0 Å². The molecule has 1 aromatic carbocycles. The first-order chi connectivity index (χ1) is 8.97. The van der Waals surface area contributed by atoms with Crippen molar-refractivity contribution in [2.24, 2.45) is 5.73 Å². The molecule has 1 aromatic heterocycles. The van der Waals surface area contributed by atoms with Crippen molar-refractivity contribution in [2.75, 3.05) is 11.1 Å². The molecule has 0 atom stereocenters. The summed E-state index contributed by atoms with van der Waals surface area (Å²) in [6, 6.07) is 6.69. The summed E-state index contributed by atoms with van der Waals surface area (Å²) in [7, 11) is 0. The minimum Gasteiger partial charge on any atom is -0.396 e. The van der Waals surface area contributed by atoms with E-state index in [1.54, 1.807) is 0 Å². The molecule has 0 saturated heterocycles. The van der Waals surface area contributed by atoms with Crippen molar-refractivity contribution in [3.63, 3.8) is 0 Å². The summed E-state index contributed by atoms with van der Waals surface area (Å²) < 4.78 is 13.1. The summed E-state index contributed by atoms with van der Waals surface area (Å²) in [5.41, 5.74) is 11.5. The molecule has 2 rings (SSSR count). The Balaban J connectivity index is 2.40. The first-order valence-corrected chi connectivity index (χ1v) is 5.63. The molecule has 0 spiro atoms. The highest BCUT2D eigenvalue weighted by Crippen LogP contribution is 2.27. The molecule has 19 heavy (non-hydrogen) atoms. The molecular weight excluding hydrogens is 271 g/mol. The second kappa shape index (κ2) is 5.11. The van der Waals surface area contributed by atoms with Gasteiger partial charge < -0.3 is 16.8 Å². The van der Waals surface area contributed by atoms with Crippen molar-refractivity contribution in [3.8, 4) is 0 Å². The number of nitrogens with zero attached hydrogens (tertiary/aromatic N) is 1. The molecule has 7 heteroatoms. The maximum atomic E-state index is 13.1. The first-order valence-electron chi connectivity index (χ1n) is 5.26. The van der Waals surface area contributed by atoms with Crippen molar-refractivity contribution in [1.82, 2.24) is 4.98 Å². The number of primary amides is 1. The Morgan fingerprint density at radius 1 is 1.32 bits per heavy atom. The van der Waals surface area contributed by atoms with Gasteiger partial charge in [-0.3, -0.25) is 4.79 Å². The molecule has 0 saturated carbocycles. The van der Waals surface area contributed by atoms with E-state index in [2.05, 4.69) is 10.3 Å². The Morgan fingerprint density at radius 2 is 2.05 bits per heavy atom. The number of anilines is 3. The average molecular weight is 281 g/mol. The van der Waals surface area contributed by atoms with Gasteiger partial charge in [0.05, 0.1) is 16.4 Å². The van der Waals surface area contributed by atoms with Crippen LogP contribution in [0.25, 0.3) is 0 Å². The molecule has 0 fully saturated rings. The second-order valence-electron chi connectivity index (χ2n) is 3.75. The Morgan fingerprint density at radius 3 is 2.74 bits per heavy atom. The zero-order valence-electron chi connectivity index (χ0n) is 9.65. The predicted octanol–water partition coefficient (Wildman–Crippen LogP) is 2.30. The Kier molecular flexibility index (Phi) is 3.52. The minimum atomic E-state index is -0.687. The summed E-state index contributed by atoms with van der Waals surface area (Å²) >= 11 is 5.91. The van der Waals surface area contributed by atoms with E-state index < -0.39 is 11.7 Å². The Bertz CT molecular complexity index is 648. The molecule has 0 aliphatic carbocycles. The number of aromatic nitrogens is 1. The van der Waals surface area contributed by atoms with Crippen molar-refractivity contribution in [3.05, 3.63) is 46.9 Å². The van der Waals surface area contributed by atoms with E-state index in [9.17, 15) is 9.18 Å². The molecule has 98 valence electrons. The van der Waals surface area contributed by atoms with E-state index in [-0.39, 0.29) is 17.2 Å². The first kappa shape index (κ1) is 13.1. The molecule has 0 aliphatic rings. The smallest absolute Gasteiger partial charge is 0.267 e. The number of nitrogens with two attached hydrogens (primary N) is 2. The molecule has 5 nitrogen and oxygen atoms in total. The monoisotopic (exact) mass is 280 g/mol. The number of pyridine rings is 1. The van der Waals surface area contributed by atoms with Crippen LogP contribution >= 0.6 is 11.6 Å². The SMILES string of the molecule is NC(=O)c1ccc(N)c(Nc2cc(F)ccc2Cl)n1. The van der Waals surface area contributed by atoms with E-state index in [0.29, 0.717) is 10.7 Å². The standard InChI is InChI=1S/C12H10ClFN4O/c13-7-2-1-6(14)5-10(7)18-12-8(15)3-4-9(17-12)11(16)19/h1-5H,15H2,(H2,16,19)(H,17,18). The summed E-state index contributed by atoms with van der Waals surface area (Å²) in [5.74, 6) is -0.964. The number of hydrogen-bond acceptors (Lipinski definition) is 4. The van der Waals surface area contributed by atoms with Crippen molar-refractivity contribution in [1.29, 1.82) is 0 Å². The number of hydrogen-bond donors (Lipinski definition) is 3. The predicted molar refractivity (Wildman–Crippen MR) is 71.9 cm³/mol. The van der Waals surface area contributed by atoms with Crippen LogP contribution in [0.15, 0.2) is 30.3 Å². The Hall–Kier alpha value is -2.34. The van der Waals surface area contributed by atoms with Crippen LogP contribution in [0.3, 0.4) is 0 Å². The Labute approximate surface area is 113 Å². The quantitative estimate of drug-likeness (QED) is 0.804. The van der Waals surface area contributed by atoms with E-state index >= 15 is 0 Å². The summed E-state index contributed by atoms with van der Waals surface area (Å²) in [5, 5.41) is 3.06. The van der Waals surface area contributed by atoms with Crippen LogP contribution in [0.4, 0.5) is 21.6 Å². The molecule has 0 bridgehead atoms. The van der Waals surface area contributed by atoms with Crippen LogP contribution in [0.2, 0.25) is 5.02 Å². The lowest BCUT2D eigenvalue weighted by Gasteiger charge is -2.10. The molecule has 1 amide bonds. The van der Waals surface area contributed by atoms with Gasteiger partial charge in [0.25, 0.3) is 5.91 Å². The van der Waals surface area contributed by atoms with Gasteiger partial charge in [0.15, 0.2) is 5.82 Å². The van der Waals surface area contributed by atoms with Crippen molar-refractivity contribution in [2.45, 2.75) is 0 Å². The highest BCUT2D eigenvalue weighted by Gasteiger charge is 2.09. The van der Waals surface area contributed by atoms with Gasteiger partial charge in [-0.05, 0) is 30.3 Å². The lowest BCUT2D eigenvalue weighted by Crippen LogP contribution is -2.14. The molecule has 0 aliphatic heterocycles. The molecule has 0 unspecified atom stereocenters. The van der Waals surface area contributed by atoms with Gasteiger partial charge in [-0.2, -0.15) is 0 Å². The highest BCUT2D eigenvalue weighted by molar-refractivity contribution is 6.33. The van der Waals surface area contributed by atoms with Gasteiger partial charge in [0, 0.05) is 0 Å². The maximum Gasteiger partial charge on any atom is 0.267 e. The van der Waals surface area contributed by atoms with Crippen LogP contribution in [-0.2, 0) is 0 Å². The minimum absolute atomic E-state index is 0.0456.